The van der Waals surface area contributed by atoms with Gasteiger partial charge in [0.1, 0.15) is 0 Å². The van der Waals surface area contributed by atoms with Crippen LogP contribution in [0.3, 0.4) is 0 Å². The van der Waals surface area contributed by atoms with E-state index >= 15 is 0 Å². The smallest absolute Gasteiger partial charge is 1.00 e. The molecule has 0 spiro atoms. The Bertz CT molecular complexity index is 929. The van der Waals surface area contributed by atoms with E-state index in [1.807, 2.05) is 12.1 Å². The van der Waals surface area contributed by atoms with Gasteiger partial charge in [-0.3, -0.25) is 0 Å². The topological polar surface area (TPSA) is 0 Å². The van der Waals surface area contributed by atoms with Gasteiger partial charge in [0.2, 0.25) is 0 Å². The van der Waals surface area contributed by atoms with E-state index in [4.69, 9.17) is 0 Å². The summed E-state index contributed by atoms with van der Waals surface area (Å²) in [4.78, 5) is 0. The van der Waals surface area contributed by atoms with E-state index in [-0.39, 0.29) is 46.5 Å². The van der Waals surface area contributed by atoms with Crippen molar-refractivity contribution in [1.29, 1.82) is 0 Å². The van der Waals surface area contributed by atoms with Crippen molar-refractivity contribution in [3.8, 4) is 22.3 Å². The standard InChI is InChI=1S/2C13H9.2ClH.Ti/c2*1-3-7-12-10(5-1)9-11-6-2-4-8-13(11)12;;;/h2*1-5,7-8H,9H2;2*1H;/q2*-1;;;+4/p-2. The van der Waals surface area contributed by atoms with Gasteiger partial charge in [-0.05, 0) is 12.8 Å². The van der Waals surface area contributed by atoms with E-state index in [9.17, 15) is 0 Å². The predicted molar refractivity (Wildman–Crippen MR) is 107 cm³/mol. The average Bonchev–Trinajstić information content (AvgIpc) is 3.27. The molecule has 3 heteroatoms. The van der Waals surface area contributed by atoms with Crippen molar-refractivity contribution in [2.24, 2.45) is 0 Å². The molecular weight excluding hydrogens is 431 g/mol. The zero-order valence-corrected chi connectivity index (χ0v) is 18.8. The Morgan fingerprint density at radius 2 is 0.862 bits per heavy atom. The largest absolute Gasteiger partial charge is 4.00 e. The van der Waals surface area contributed by atoms with Crippen LogP contribution in [0, 0.1) is 12.1 Å². The Morgan fingerprint density at radius 3 is 1.31 bits per heavy atom. The van der Waals surface area contributed by atoms with Gasteiger partial charge in [0.05, 0.1) is 0 Å². The summed E-state index contributed by atoms with van der Waals surface area (Å²) in [7, 11) is 0. The molecule has 0 unspecified atom stereocenters. The maximum absolute atomic E-state index is 3.30. The molecule has 0 saturated heterocycles. The Hall–Kier alpha value is -1.83. The van der Waals surface area contributed by atoms with Crippen LogP contribution in [0.15, 0.2) is 84.9 Å². The molecule has 0 bridgehead atoms. The minimum atomic E-state index is 0. The molecule has 0 N–H and O–H groups in total. The van der Waals surface area contributed by atoms with Gasteiger partial charge in [-0.25, -0.2) is 0 Å². The average molecular weight is 449 g/mol. The van der Waals surface area contributed by atoms with E-state index in [0.717, 1.165) is 12.8 Å². The van der Waals surface area contributed by atoms with E-state index in [0.29, 0.717) is 0 Å². The Balaban J connectivity index is 0.000000187. The van der Waals surface area contributed by atoms with Crippen molar-refractivity contribution in [1.82, 2.24) is 0 Å². The number of halogens is 2. The van der Waals surface area contributed by atoms with Crippen LogP contribution in [-0.4, -0.2) is 0 Å². The van der Waals surface area contributed by atoms with Gasteiger partial charge in [-0.1, -0.05) is 70.8 Å². The van der Waals surface area contributed by atoms with Crippen LogP contribution < -0.4 is 24.8 Å². The number of hydrogen-bond acceptors (Lipinski definition) is 0. The molecule has 2 aliphatic rings. The third-order valence-corrected chi connectivity index (χ3v) is 5.23. The fourth-order valence-corrected chi connectivity index (χ4v) is 4.00. The van der Waals surface area contributed by atoms with Crippen LogP contribution >= 0.6 is 0 Å². The first-order chi connectivity index (χ1) is 12.9. The number of fused-ring (bicyclic) bond motifs is 6. The van der Waals surface area contributed by atoms with E-state index in [1.54, 1.807) is 0 Å². The van der Waals surface area contributed by atoms with Gasteiger partial charge in [0, 0.05) is 0 Å². The second-order valence-corrected chi connectivity index (χ2v) is 6.79. The number of rotatable bonds is 0. The summed E-state index contributed by atoms with van der Waals surface area (Å²) in [5.74, 6) is 0. The van der Waals surface area contributed by atoms with E-state index < -0.39 is 0 Å². The molecule has 0 aromatic heterocycles. The molecule has 0 amide bonds. The Morgan fingerprint density at radius 1 is 0.483 bits per heavy atom. The zero-order valence-electron chi connectivity index (χ0n) is 15.8. The van der Waals surface area contributed by atoms with Gasteiger partial charge in [-0.15, -0.1) is 11.1 Å². The van der Waals surface area contributed by atoms with Crippen molar-refractivity contribution < 1.29 is 46.5 Å². The van der Waals surface area contributed by atoms with Crippen LogP contribution in [0.2, 0.25) is 0 Å². The fraction of sp³-hybridized carbons (Fsp3) is 0.0769. The van der Waals surface area contributed by atoms with Gasteiger partial charge in [0.15, 0.2) is 0 Å². The minimum Gasteiger partial charge on any atom is -1.00 e. The molecule has 140 valence electrons. The third kappa shape index (κ3) is 4.52. The summed E-state index contributed by atoms with van der Waals surface area (Å²) < 4.78 is 0. The molecule has 2 aliphatic carbocycles. The maximum atomic E-state index is 3.30. The number of hydrogen-bond donors (Lipinski definition) is 0. The van der Waals surface area contributed by atoms with Gasteiger partial charge in [0.25, 0.3) is 0 Å². The van der Waals surface area contributed by atoms with Crippen molar-refractivity contribution in [2.45, 2.75) is 12.8 Å². The van der Waals surface area contributed by atoms with Gasteiger partial charge in [-0.2, -0.15) is 59.7 Å². The second kappa shape index (κ2) is 10.3. The normalized spacial score (nSPS) is 11.0. The third-order valence-electron chi connectivity index (χ3n) is 5.23. The Kier molecular flexibility index (Phi) is 8.31. The first-order valence-corrected chi connectivity index (χ1v) is 9.06. The quantitative estimate of drug-likeness (QED) is 0.229. The van der Waals surface area contributed by atoms with Crippen molar-refractivity contribution in [3.63, 3.8) is 0 Å². The minimum absolute atomic E-state index is 0. The molecule has 6 rings (SSSR count). The Labute approximate surface area is 200 Å². The summed E-state index contributed by atoms with van der Waals surface area (Å²) in [6.07, 6.45) is 2.10. The predicted octanol–water partition coefficient (Wildman–Crippen LogP) is 0.121. The molecule has 0 heterocycles. The first-order valence-electron chi connectivity index (χ1n) is 9.06. The molecule has 0 aliphatic heterocycles. The molecule has 0 atom stereocenters. The maximum Gasteiger partial charge on any atom is 4.00 e. The second-order valence-electron chi connectivity index (χ2n) is 6.79. The fourth-order valence-electron chi connectivity index (χ4n) is 4.00. The van der Waals surface area contributed by atoms with Gasteiger partial charge >= 0.3 is 21.7 Å². The van der Waals surface area contributed by atoms with Crippen molar-refractivity contribution >= 4 is 0 Å². The molecule has 0 saturated carbocycles. The molecular formula is C26H18Cl2Ti. The molecule has 0 nitrogen and oxygen atoms in total. The summed E-state index contributed by atoms with van der Waals surface area (Å²) >= 11 is 0. The number of benzene rings is 4. The molecule has 0 radical (unpaired) electrons. The molecule has 4 aromatic carbocycles. The van der Waals surface area contributed by atoms with Gasteiger partial charge < -0.3 is 24.8 Å². The zero-order chi connectivity index (χ0) is 17.3. The SMILES string of the molecule is [Cl-].[Cl-].[Ti+4].[c-]1cccc2c1Cc1ccccc1-2.[c-]1cccc2c1Cc1ccccc1-2. The first kappa shape index (κ1) is 23.5. The van der Waals surface area contributed by atoms with Crippen LogP contribution in [0.25, 0.3) is 22.3 Å². The summed E-state index contributed by atoms with van der Waals surface area (Å²) in [5, 5.41) is 0. The van der Waals surface area contributed by atoms with Crippen LogP contribution in [0.1, 0.15) is 22.3 Å². The monoisotopic (exact) mass is 448 g/mol. The van der Waals surface area contributed by atoms with E-state index in [2.05, 4.69) is 84.9 Å². The molecule has 29 heavy (non-hydrogen) atoms. The van der Waals surface area contributed by atoms with Crippen LogP contribution in [0.5, 0.6) is 0 Å². The van der Waals surface area contributed by atoms with Crippen molar-refractivity contribution in [2.75, 3.05) is 0 Å². The summed E-state index contributed by atoms with van der Waals surface area (Å²) in [5.41, 5.74) is 11.0. The summed E-state index contributed by atoms with van der Waals surface area (Å²) in [6.45, 7) is 0. The molecule has 4 aromatic rings. The van der Waals surface area contributed by atoms with Crippen LogP contribution in [-0.2, 0) is 34.6 Å². The van der Waals surface area contributed by atoms with E-state index in [1.165, 1.54) is 44.5 Å². The molecule has 0 fully saturated rings. The summed E-state index contributed by atoms with van der Waals surface area (Å²) in [6, 6.07) is 36.2. The van der Waals surface area contributed by atoms with Crippen molar-refractivity contribution in [3.05, 3.63) is 119 Å². The van der Waals surface area contributed by atoms with Crippen LogP contribution in [0.4, 0.5) is 0 Å².